The molecule has 7 heteroatoms. The zero-order chi connectivity index (χ0) is 17.0. The fourth-order valence-corrected chi connectivity index (χ4v) is 2.79. The SMILES string of the molecule is CS(=O)(=O)c1ccc(NC(=O)C=Cc2cc(Br)ccc2F)cc1. The first kappa shape index (κ1) is 17.4. The summed E-state index contributed by atoms with van der Waals surface area (Å²) in [7, 11) is -3.28. The molecule has 0 atom stereocenters. The number of hydrogen-bond donors (Lipinski definition) is 1. The lowest BCUT2D eigenvalue weighted by Crippen LogP contribution is -2.08. The predicted octanol–water partition coefficient (Wildman–Crippen LogP) is 3.64. The summed E-state index contributed by atoms with van der Waals surface area (Å²) in [5.74, 6) is -0.883. The highest BCUT2D eigenvalue weighted by Gasteiger charge is 2.07. The molecule has 0 aliphatic carbocycles. The molecule has 0 unspecified atom stereocenters. The maximum atomic E-state index is 13.5. The summed E-state index contributed by atoms with van der Waals surface area (Å²) in [4.78, 5) is 12.0. The molecule has 0 aliphatic rings. The molecule has 2 rings (SSSR count). The first-order valence-electron chi connectivity index (χ1n) is 6.50. The summed E-state index contributed by atoms with van der Waals surface area (Å²) >= 11 is 3.23. The Labute approximate surface area is 142 Å². The lowest BCUT2D eigenvalue weighted by atomic mass is 10.2. The van der Waals surface area contributed by atoms with Crippen molar-refractivity contribution < 1.29 is 17.6 Å². The summed E-state index contributed by atoms with van der Waals surface area (Å²) in [6.07, 6.45) is 3.67. The molecule has 2 aromatic carbocycles. The number of nitrogens with one attached hydrogen (secondary N) is 1. The predicted molar refractivity (Wildman–Crippen MR) is 91.3 cm³/mol. The van der Waals surface area contributed by atoms with E-state index in [2.05, 4.69) is 21.2 Å². The molecule has 0 bridgehead atoms. The molecular weight excluding hydrogens is 385 g/mol. The Bertz CT molecular complexity index is 861. The van der Waals surface area contributed by atoms with Crippen molar-refractivity contribution in [3.63, 3.8) is 0 Å². The molecule has 0 saturated carbocycles. The number of rotatable bonds is 4. The quantitative estimate of drug-likeness (QED) is 0.800. The average Bonchev–Trinajstić information content (AvgIpc) is 2.48. The van der Waals surface area contributed by atoms with Crippen LogP contribution in [0.2, 0.25) is 0 Å². The number of hydrogen-bond acceptors (Lipinski definition) is 3. The molecule has 0 spiro atoms. The second-order valence-corrected chi connectivity index (χ2v) is 7.72. The van der Waals surface area contributed by atoms with Crippen molar-refractivity contribution in [2.24, 2.45) is 0 Å². The number of halogens is 2. The van der Waals surface area contributed by atoms with Crippen molar-refractivity contribution in [2.45, 2.75) is 4.90 Å². The van der Waals surface area contributed by atoms with Gasteiger partial charge in [0.15, 0.2) is 9.84 Å². The number of amides is 1. The lowest BCUT2D eigenvalue weighted by molar-refractivity contribution is -0.111. The van der Waals surface area contributed by atoms with Gasteiger partial charge in [-0.15, -0.1) is 0 Å². The van der Waals surface area contributed by atoms with Gasteiger partial charge in [0.1, 0.15) is 5.82 Å². The summed E-state index contributed by atoms with van der Waals surface area (Å²) in [6, 6.07) is 10.2. The Morgan fingerprint density at radius 2 is 1.83 bits per heavy atom. The zero-order valence-corrected chi connectivity index (χ0v) is 14.5. The molecule has 0 saturated heterocycles. The van der Waals surface area contributed by atoms with Gasteiger partial charge in [-0.25, -0.2) is 12.8 Å². The molecule has 23 heavy (non-hydrogen) atoms. The maximum Gasteiger partial charge on any atom is 0.248 e. The summed E-state index contributed by atoms with van der Waals surface area (Å²) < 4.78 is 36.9. The van der Waals surface area contributed by atoms with Gasteiger partial charge in [0.05, 0.1) is 4.90 Å². The molecule has 120 valence electrons. The highest BCUT2D eigenvalue weighted by Crippen LogP contribution is 2.17. The van der Waals surface area contributed by atoms with E-state index in [1.54, 1.807) is 12.1 Å². The Morgan fingerprint density at radius 3 is 2.43 bits per heavy atom. The fourth-order valence-electron chi connectivity index (χ4n) is 1.78. The zero-order valence-electron chi connectivity index (χ0n) is 12.1. The van der Waals surface area contributed by atoms with E-state index in [0.717, 1.165) is 6.26 Å². The van der Waals surface area contributed by atoms with Crippen LogP contribution in [0, 0.1) is 5.82 Å². The van der Waals surface area contributed by atoms with Gasteiger partial charge in [-0.1, -0.05) is 15.9 Å². The van der Waals surface area contributed by atoms with Crippen LogP contribution in [0.4, 0.5) is 10.1 Å². The van der Waals surface area contributed by atoms with Crippen LogP contribution in [-0.4, -0.2) is 20.6 Å². The minimum absolute atomic E-state index is 0.169. The standard InChI is InChI=1S/C16H13BrFNO3S/c1-23(21,22)14-6-4-13(5-7-14)19-16(20)9-2-11-10-12(17)3-8-15(11)18/h2-10H,1H3,(H,19,20). The third-order valence-corrected chi connectivity index (χ3v) is 4.54. The van der Waals surface area contributed by atoms with Crippen molar-refractivity contribution in [2.75, 3.05) is 11.6 Å². The molecule has 0 aliphatic heterocycles. The Morgan fingerprint density at radius 1 is 1.17 bits per heavy atom. The minimum atomic E-state index is -3.28. The van der Waals surface area contributed by atoms with Crippen molar-refractivity contribution in [3.8, 4) is 0 Å². The van der Waals surface area contributed by atoms with Crippen LogP contribution in [0.1, 0.15) is 5.56 Å². The Balaban J connectivity index is 2.07. The molecule has 0 radical (unpaired) electrons. The number of sulfone groups is 1. The van der Waals surface area contributed by atoms with E-state index < -0.39 is 21.6 Å². The van der Waals surface area contributed by atoms with Crippen molar-refractivity contribution in [3.05, 3.63) is 64.4 Å². The largest absolute Gasteiger partial charge is 0.323 e. The first-order valence-corrected chi connectivity index (χ1v) is 9.18. The average molecular weight is 398 g/mol. The third kappa shape index (κ3) is 5.01. The van der Waals surface area contributed by atoms with Crippen LogP contribution >= 0.6 is 15.9 Å². The smallest absolute Gasteiger partial charge is 0.248 e. The van der Waals surface area contributed by atoms with E-state index in [1.807, 2.05) is 0 Å². The van der Waals surface area contributed by atoms with Crippen LogP contribution in [0.15, 0.2) is 57.9 Å². The molecule has 1 amide bonds. The van der Waals surface area contributed by atoms with E-state index in [-0.39, 0.29) is 10.5 Å². The highest BCUT2D eigenvalue weighted by atomic mass is 79.9. The molecule has 0 heterocycles. The van der Waals surface area contributed by atoms with Gasteiger partial charge in [-0.2, -0.15) is 0 Å². The van der Waals surface area contributed by atoms with E-state index in [4.69, 9.17) is 0 Å². The Hall–Kier alpha value is -1.99. The molecule has 1 N–H and O–H groups in total. The number of carbonyl (C=O) groups excluding carboxylic acids is 1. The number of carbonyl (C=O) groups is 1. The van der Waals surface area contributed by atoms with Gasteiger partial charge in [0.25, 0.3) is 0 Å². The van der Waals surface area contributed by atoms with Gasteiger partial charge in [-0.05, 0) is 48.5 Å². The lowest BCUT2D eigenvalue weighted by Gasteiger charge is -2.04. The maximum absolute atomic E-state index is 13.5. The van der Waals surface area contributed by atoms with E-state index >= 15 is 0 Å². The summed E-state index contributed by atoms with van der Waals surface area (Å²) in [5.41, 5.74) is 0.726. The molecule has 0 fully saturated rings. The van der Waals surface area contributed by atoms with Crippen molar-refractivity contribution >= 4 is 43.4 Å². The summed E-state index contributed by atoms with van der Waals surface area (Å²) in [6.45, 7) is 0. The van der Waals surface area contributed by atoms with E-state index in [1.165, 1.54) is 42.5 Å². The minimum Gasteiger partial charge on any atom is -0.323 e. The van der Waals surface area contributed by atoms with Crippen LogP contribution in [0.5, 0.6) is 0 Å². The van der Waals surface area contributed by atoms with Crippen molar-refractivity contribution in [1.82, 2.24) is 0 Å². The van der Waals surface area contributed by atoms with Crippen LogP contribution in [0.3, 0.4) is 0 Å². The molecular formula is C16H13BrFNO3S. The molecule has 0 aromatic heterocycles. The van der Waals surface area contributed by atoms with E-state index in [0.29, 0.717) is 10.2 Å². The highest BCUT2D eigenvalue weighted by molar-refractivity contribution is 9.10. The monoisotopic (exact) mass is 397 g/mol. The topological polar surface area (TPSA) is 63.2 Å². The number of anilines is 1. The second-order valence-electron chi connectivity index (χ2n) is 4.78. The number of benzene rings is 2. The van der Waals surface area contributed by atoms with Crippen LogP contribution in [0.25, 0.3) is 6.08 Å². The van der Waals surface area contributed by atoms with E-state index in [9.17, 15) is 17.6 Å². The van der Waals surface area contributed by atoms with Crippen LogP contribution < -0.4 is 5.32 Å². The van der Waals surface area contributed by atoms with Gasteiger partial charge in [0.2, 0.25) is 5.91 Å². The Kier molecular flexibility index (Phi) is 5.33. The molecule has 4 nitrogen and oxygen atoms in total. The van der Waals surface area contributed by atoms with Crippen LogP contribution in [-0.2, 0) is 14.6 Å². The second kappa shape index (κ2) is 7.06. The van der Waals surface area contributed by atoms with Gasteiger partial charge < -0.3 is 5.32 Å². The third-order valence-electron chi connectivity index (χ3n) is 2.92. The summed E-state index contributed by atoms with van der Waals surface area (Å²) in [5, 5.41) is 2.57. The van der Waals surface area contributed by atoms with Gasteiger partial charge in [0, 0.05) is 28.1 Å². The molecule has 2 aromatic rings. The van der Waals surface area contributed by atoms with Gasteiger partial charge in [-0.3, -0.25) is 4.79 Å². The van der Waals surface area contributed by atoms with Gasteiger partial charge >= 0.3 is 0 Å². The normalized spacial score (nSPS) is 11.6. The van der Waals surface area contributed by atoms with Crippen molar-refractivity contribution in [1.29, 1.82) is 0 Å². The first-order chi connectivity index (χ1) is 10.8. The fraction of sp³-hybridized carbons (Fsp3) is 0.0625.